The number of anilines is 1. The number of hydrogen-bond donors (Lipinski definition) is 1. The summed E-state index contributed by atoms with van der Waals surface area (Å²) in [6.45, 7) is 0.00514. The molecule has 0 amide bonds. The van der Waals surface area contributed by atoms with Crippen molar-refractivity contribution in [2.24, 2.45) is 5.41 Å². The van der Waals surface area contributed by atoms with Crippen molar-refractivity contribution in [3.8, 4) is 0 Å². The number of sulfonamides is 1. The molecule has 21 heavy (non-hydrogen) atoms. The highest BCUT2D eigenvalue weighted by Crippen LogP contribution is 2.38. The van der Waals surface area contributed by atoms with E-state index >= 15 is 0 Å². The molecule has 1 aliphatic carbocycles. The van der Waals surface area contributed by atoms with Gasteiger partial charge in [-0.3, -0.25) is 9.10 Å². The smallest absolute Gasteiger partial charge is 0.311 e. The molecule has 0 radical (unpaired) electrons. The number of benzene rings is 1. The SMILES string of the molecule is CS(=O)(=O)N(CC1(C(=O)O)CCCCC1)c1ccccc1. The summed E-state index contributed by atoms with van der Waals surface area (Å²) in [7, 11) is -3.52. The van der Waals surface area contributed by atoms with E-state index in [2.05, 4.69) is 0 Å². The second-order valence-corrected chi connectivity index (χ2v) is 7.66. The maximum atomic E-state index is 12.1. The highest BCUT2D eigenvalue weighted by molar-refractivity contribution is 7.92. The van der Waals surface area contributed by atoms with Crippen LogP contribution in [0.15, 0.2) is 30.3 Å². The lowest BCUT2D eigenvalue weighted by Gasteiger charge is -2.37. The van der Waals surface area contributed by atoms with Gasteiger partial charge in [0.1, 0.15) is 0 Å². The lowest BCUT2D eigenvalue weighted by atomic mass is 9.74. The summed E-state index contributed by atoms with van der Waals surface area (Å²) in [6.07, 6.45) is 4.86. The van der Waals surface area contributed by atoms with Crippen LogP contribution in [0.2, 0.25) is 0 Å². The summed E-state index contributed by atoms with van der Waals surface area (Å²) in [5, 5.41) is 9.63. The average molecular weight is 311 g/mol. The minimum atomic E-state index is -3.52. The van der Waals surface area contributed by atoms with Gasteiger partial charge in [-0.15, -0.1) is 0 Å². The summed E-state index contributed by atoms with van der Waals surface area (Å²) in [4.78, 5) is 11.7. The van der Waals surface area contributed by atoms with Crippen LogP contribution in [0.5, 0.6) is 0 Å². The Balaban J connectivity index is 2.36. The molecule has 6 heteroatoms. The van der Waals surface area contributed by atoms with E-state index in [1.807, 2.05) is 0 Å². The molecule has 0 heterocycles. The number of para-hydroxylation sites is 1. The summed E-state index contributed by atoms with van der Waals surface area (Å²) < 4.78 is 25.4. The number of carbonyl (C=O) groups is 1. The van der Waals surface area contributed by atoms with Crippen LogP contribution in [-0.4, -0.2) is 32.3 Å². The van der Waals surface area contributed by atoms with Gasteiger partial charge >= 0.3 is 5.97 Å². The lowest BCUT2D eigenvalue weighted by molar-refractivity contribution is -0.150. The Kier molecular flexibility index (Phi) is 4.56. The molecule has 0 spiro atoms. The first-order chi connectivity index (χ1) is 9.85. The maximum absolute atomic E-state index is 12.1. The highest BCUT2D eigenvalue weighted by Gasteiger charge is 2.42. The zero-order valence-electron chi connectivity index (χ0n) is 12.2. The zero-order valence-corrected chi connectivity index (χ0v) is 13.0. The van der Waals surface area contributed by atoms with Crippen molar-refractivity contribution in [1.29, 1.82) is 0 Å². The van der Waals surface area contributed by atoms with E-state index in [0.29, 0.717) is 18.5 Å². The zero-order chi connectivity index (χ0) is 15.5. The quantitative estimate of drug-likeness (QED) is 0.906. The number of aliphatic carboxylic acids is 1. The van der Waals surface area contributed by atoms with E-state index in [0.717, 1.165) is 25.5 Å². The molecule has 0 unspecified atom stereocenters. The Morgan fingerprint density at radius 1 is 1.19 bits per heavy atom. The Hall–Kier alpha value is -1.56. The fourth-order valence-electron chi connectivity index (χ4n) is 2.94. The van der Waals surface area contributed by atoms with Gasteiger partial charge in [-0.2, -0.15) is 0 Å². The minimum Gasteiger partial charge on any atom is -0.481 e. The number of hydrogen-bond acceptors (Lipinski definition) is 3. The van der Waals surface area contributed by atoms with Crippen LogP contribution < -0.4 is 4.31 Å². The third kappa shape index (κ3) is 3.56. The Morgan fingerprint density at radius 3 is 2.24 bits per heavy atom. The Bertz CT molecular complexity index is 591. The predicted molar refractivity (Wildman–Crippen MR) is 81.8 cm³/mol. The van der Waals surface area contributed by atoms with Gasteiger partial charge in [-0.1, -0.05) is 37.5 Å². The monoisotopic (exact) mass is 311 g/mol. The maximum Gasteiger partial charge on any atom is 0.311 e. The van der Waals surface area contributed by atoms with Crippen LogP contribution >= 0.6 is 0 Å². The molecular formula is C15H21NO4S. The molecule has 0 bridgehead atoms. The normalized spacial score (nSPS) is 18.1. The topological polar surface area (TPSA) is 74.7 Å². The van der Waals surface area contributed by atoms with Crippen LogP contribution in [0, 0.1) is 5.41 Å². The molecule has 1 fully saturated rings. The van der Waals surface area contributed by atoms with Crippen molar-refractivity contribution in [3.05, 3.63) is 30.3 Å². The number of nitrogens with zero attached hydrogens (tertiary/aromatic N) is 1. The fraction of sp³-hybridized carbons (Fsp3) is 0.533. The van der Waals surface area contributed by atoms with E-state index in [1.165, 1.54) is 4.31 Å². The third-order valence-corrected chi connectivity index (χ3v) is 5.30. The van der Waals surface area contributed by atoms with Gasteiger partial charge in [0.25, 0.3) is 0 Å². The van der Waals surface area contributed by atoms with Gasteiger partial charge in [0.15, 0.2) is 0 Å². The summed E-state index contributed by atoms with van der Waals surface area (Å²) in [5.41, 5.74) is -0.455. The first-order valence-corrected chi connectivity index (χ1v) is 8.96. The van der Waals surface area contributed by atoms with Gasteiger partial charge < -0.3 is 5.11 Å². The predicted octanol–water partition coefficient (Wildman–Crippen LogP) is 2.49. The van der Waals surface area contributed by atoms with E-state index in [9.17, 15) is 18.3 Å². The largest absolute Gasteiger partial charge is 0.481 e. The Labute approximate surface area is 125 Å². The Morgan fingerprint density at radius 2 is 1.76 bits per heavy atom. The van der Waals surface area contributed by atoms with Crippen LogP contribution in [0.4, 0.5) is 5.69 Å². The third-order valence-electron chi connectivity index (χ3n) is 4.16. The van der Waals surface area contributed by atoms with Crippen molar-refractivity contribution in [2.45, 2.75) is 32.1 Å². The van der Waals surface area contributed by atoms with Gasteiger partial charge in [-0.05, 0) is 25.0 Å². The number of carboxylic acid groups (broad SMARTS) is 1. The van der Waals surface area contributed by atoms with Crippen LogP contribution in [0.3, 0.4) is 0 Å². The molecule has 0 atom stereocenters. The number of carboxylic acids is 1. The van der Waals surface area contributed by atoms with Crippen LogP contribution in [0.1, 0.15) is 32.1 Å². The molecule has 0 aliphatic heterocycles. The highest BCUT2D eigenvalue weighted by atomic mass is 32.2. The second-order valence-electron chi connectivity index (χ2n) is 5.75. The van der Waals surface area contributed by atoms with Gasteiger partial charge in [-0.25, -0.2) is 8.42 Å². The summed E-state index contributed by atoms with van der Waals surface area (Å²) in [5.74, 6) is -0.896. The molecule has 1 aromatic rings. The fourth-order valence-corrected chi connectivity index (χ4v) is 3.92. The molecule has 2 rings (SSSR count). The van der Waals surface area contributed by atoms with Gasteiger partial charge in [0.05, 0.1) is 23.9 Å². The second kappa shape index (κ2) is 6.05. The van der Waals surface area contributed by atoms with Gasteiger partial charge in [0.2, 0.25) is 10.0 Å². The average Bonchev–Trinajstić information content (AvgIpc) is 2.45. The molecule has 5 nitrogen and oxygen atoms in total. The van der Waals surface area contributed by atoms with E-state index in [1.54, 1.807) is 30.3 Å². The van der Waals surface area contributed by atoms with Crippen molar-refractivity contribution < 1.29 is 18.3 Å². The standard InChI is InChI=1S/C15H21NO4S/c1-21(19,20)16(13-8-4-2-5-9-13)12-15(14(17)18)10-6-3-7-11-15/h2,4-5,8-9H,3,6-7,10-12H2,1H3,(H,17,18). The van der Waals surface area contributed by atoms with E-state index in [4.69, 9.17) is 0 Å². The molecule has 0 aromatic heterocycles. The van der Waals surface area contributed by atoms with Crippen molar-refractivity contribution in [1.82, 2.24) is 0 Å². The molecule has 1 N–H and O–H groups in total. The summed E-state index contributed by atoms with van der Waals surface area (Å²) >= 11 is 0. The lowest BCUT2D eigenvalue weighted by Crippen LogP contribution is -2.46. The molecule has 116 valence electrons. The number of rotatable bonds is 5. The first kappa shape index (κ1) is 15.8. The first-order valence-electron chi connectivity index (χ1n) is 7.11. The van der Waals surface area contributed by atoms with Crippen molar-refractivity contribution in [2.75, 3.05) is 17.1 Å². The van der Waals surface area contributed by atoms with Crippen LogP contribution in [-0.2, 0) is 14.8 Å². The van der Waals surface area contributed by atoms with Crippen LogP contribution in [0.25, 0.3) is 0 Å². The van der Waals surface area contributed by atoms with E-state index in [-0.39, 0.29) is 6.54 Å². The molecule has 1 saturated carbocycles. The summed E-state index contributed by atoms with van der Waals surface area (Å²) in [6, 6.07) is 8.69. The molecule has 0 saturated heterocycles. The van der Waals surface area contributed by atoms with Gasteiger partial charge in [0, 0.05) is 0 Å². The molecular weight excluding hydrogens is 290 g/mol. The molecule has 1 aromatic carbocycles. The van der Waals surface area contributed by atoms with E-state index < -0.39 is 21.4 Å². The minimum absolute atomic E-state index is 0.00514. The van der Waals surface area contributed by atoms with Crippen molar-refractivity contribution >= 4 is 21.7 Å². The van der Waals surface area contributed by atoms with Crippen molar-refractivity contribution in [3.63, 3.8) is 0 Å². The molecule has 1 aliphatic rings.